The second-order valence-electron chi connectivity index (χ2n) is 7.45. The van der Waals surface area contributed by atoms with Crippen molar-refractivity contribution < 1.29 is 4.79 Å². The van der Waals surface area contributed by atoms with E-state index in [4.69, 9.17) is 33.9 Å². The molecule has 0 unspecified atom stereocenters. The number of hydrogen-bond donors (Lipinski definition) is 2. The van der Waals surface area contributed by atoms with Gasteiger partial charge in [-0.05, 0) is 47.9 Å². The molecule has 1 amide bonds. The standard InChI is InChI=1S/C25H26Cl2N4O/c1-2-3-4-5-23(32)31-25(28)30-16-17-14-22(18-6-10-20(26)11-7-18)24(29-15-17)19-8-12-21(27)13-9-19/h6-15H,2-5,16H2,1H3,(H3,28,30,31,32). The van der Waals surface area contributed by atoms with E-state index in [2.05, 4.69) is 17.2 Å². The average Bonchev–Trinajstić information content (AvgIpc) is 2.79. The van der Waals surface area contributed by atoms with Crippen LogP contribution in [-0.2, 0) is 11.3 Å². The number of guanidine groups is 1. The van der Waals surface area contributed by atoms with Crippen LogP contribution in [0.3, 0.4) is 0 Å². The van der Waals surface area contributed by atoms with Crippen molar-refractivity contribution >= 4 is 35.1 Å². The number of nitrogens with zero attached hydrogens (tertiary/aromatic N) is 2. The van der Waals surface area contributed by atoms with Gasteiger partial charge in [-0.3, -0.25) is 9.78 Å². The van der Waals surface area contributed by atoms with Gasteiger partial charge in [-0.25, -0.2) is 0 Å². The zero-order valence-corrected chi connectivity index (χ0v) is 19.5. The quantitative estimate of drug-likeness (QED) is 0.233. The van der Waals surface area contributed by atoms with Crippen molar-refractivity contribution in [2.75, 3.05) is 0 Å². The summed E-state index contributed by atoms with van der Waals surface area (Å²) in [5.41, 5.74) is 10.5. The predicted octanol–water partition coefficient (Wildman–Crippen LogP) is 6.23. The average molecular weight is 469 g/mol. The minimum atomic E-state index is -0.207. The van der Waals surface area contributed by atoms with Crippen LogP contribution in [0.15, 0.2) is 65.8 Å². The first-order valence-corrected chi connectivity index (χ1v) is 11.3. The van der Waals surface area contributed by atoms with Crippen molar-refractivity contribution in [1.29, 1.82) is 0 Å². The molecule has 0 saturated heterocycles. The number of carbonyl (C=O) groups excluding carboxylic acids is 1. The van der Waals surface area contributed by atoms with Gasteiger partial charge in [-0.15, -0.1) is 0 Å². The molecule has 0 saturated carbocycles. The highest BCUT2D eigenvalue weighted by Crippen LogP contribution is 2.32. The van der Waals surface area contributed by atoms with Crippen molar-refractivity contribution in [3.8, 4) is 22.4 Å². The minimum Gasteiger partial charge on any atom is -0.370 e. The highest BCUT2D eigenvalue weighted by atomic mass is 35.5. The number of amides is 1. The Morgan fingerprint density at radius 1 is 1.00 bits per heavy atom. The molecule has 2 aromatic carbocycles. The molecule has 0 fully saturated rings. The van der Waals surface area contributed by atoms with Gasteiger partial charge in [0.15, 0.2) is 5.96 Å². The normalized spacial score (nSPS) is 11.4. The number of halogens is 2. The number of hydrogen-bond acceptors (Lipinski definition) is 2. The van der Waals surface area contributed by atoms with E-state index in [0.29, 0.717) is 23.0 Å². The lowest BCUT2D eigenvalue weighted by Crippen LogP contribution is -2.32. The summed E-state index contributed by atoms with van der Waals surface area (Å²) in [6.45, 7) is 2.49. The van der Waals surface area contributed by atoms with Gasteiger partial charge in [0.2, 0.25) is 5.91 Å². The molecule has 7 heteroatoms. The summed E-state index contributed by atoms with van der Waals surface area (Å²) < 4.78 is 0. The number of aromatic nitrogens is 1. The Bertz CT molecular complexity index is 1080. The lowest BCUT2D eigenvalue weighted by molar-refractivity contribution is -0.117. The van der Waals surface area contributed by atoms with Gasteiger partial charge in [0.25, 0.3) is 0 Å². The Morgan fingerprint density at radius 3 is 2.25 bits per heavy atom. The van der Waals surface area contributed by atoms with Crippen LogP contribution in [0, 0.1) is 0 Å². The van der Waals surface area contributed by atoms with E-state index in [9.17, 15) is 4.79 Å². The van der Waals surface area contributed by atoms with Crippen molar-refractivity contribution in [1.82, 2.24) is 10.3 Å². The topological polar surface area (TPSA) is 80.4 Å². The van der Waals surface area contributed by atoms with Crippen LogP contribution < -0.4 is 11.1 Å². The first-order chi connectivity index (χ1) is 15.5. The molecular weight excluding hydrogens is 443 g/mol. The van der Waals surface area contributed by atoms with Crippen molar-refractivity contribution in [2.45, 2.75) is 39.2 Å². The fourth-order valence-electron chi connectivity index (χ4n) is 3.24. The van der Waals surface area contributed by atoms with E-state index in [0.717, 1.165) is 47.2 Å². The molecule has 0 radical (unpaired) electrons. The van der Waals surface area contributed by atoms with E-state index < -0.39 is 0 Å². The predicted molar refractivity (Wildman–Crippen MR) is 133 cm³/mol. The molecule has 166 valence electrons. The maximum Gasteiger partial charge on any atom is 0.248 e. The zero-order valence-electron chi connectivity index (χ0n) is 17.9. The van der Waals surface area contributed by atoms with Crippen LogP contribution in [0.1, 0.15) is 38.2 Å². The Labute approximate surface area is 198 Å². The highest BCUT2D eigenvalue weighted by Gasteiger charge is 2.11. The number of benzene rings is 2. The second kappa shape index (κ2) is 11.7. The first-order valence-electron chi connectivity index (χ1n) is 10.6. The Balaban J connectivity index is 1.82. The third kappa shape index (κ3) is 6.81. The molecule has 1 aromatic heterocycles. The summed E-state index contributed by atoms with van der Waals surface area (Å²) in [4.78, 5) is 20.5. The fourth-order valence-corrected chi connectivity index (χ4v) is 3.49. The molecule has 0 aliphatic rings. The molecule has 3 aromatic rings. The van der Waals surface area contributed by atoms with Gasteiger partial charge in [0, 0.05) is 40.3 Å². The van der Waals surface area contributed by atoms with Gasteiger partial charge in [-0.2, -0.15) is 4.99 Å². The van der Waals surface area contributed by atoms with Gasteiger partial charge >= 0.3 is 0 Å². The maximum absolute atomic E-state index is 11.9. The summed E-state index contributed by atoms with van der Waals surface area (Å²) in [6.07, 6.45) is 5.08. The summed E-state index contributed by atoms with van der Waals surface area (Å²) in [5, 5.41) is 4.34. The minimum absolute atomic E-state index is 0.112. The molecular formula is C25H26Cl2N4O. The highest BCUT2D eigenvalue weighted by molar-refractivity contribution is 6.31. The number of nitrogens with one attached hydrogen (secondary N) is 1. The van der Waals surface area contributed by atoms with E-state index >= 15 is 0 Å². The molecule has 0 spiro atoms. The maximum atomic E-state index is 11.9. The van der Waals surface area contributed by atoms with Gasteiger partial charge in [-0.1, -0.05) is 67.2 Å². The molecule has 1 heterocycles. The van der Waals surface area contributed by atoms with Crippen LogP contribution in [0.2, 0.25) is 10.0 Å². The Hall–Kier alpha value is -2.89. The smallest absolute Gasteiger partial charge is 0.248 e. The number of nitrogens with two attached hydrogens (primary N) is 1. The van der Waals surface area contributed by atoms with E-state index in [1.807, 2.05) is 54.6 Å². The number of carbonyl (C=O) groups is 1. The summed E-state index contributed by atoms with van der Waals surface area (Å²) in [6, 6.07) is 17.2. The van der Waals surface area contributed by atoms with Crippen molar-refractivity contribution in [2.24, 2.45) is 10.7 Å². The second-order valence-corrected chi connectivity index (χ2v) is 8.33. The number of aliphatic imine (C=N–C) groups is 1. The Morgan fingerprint density at radius 2 is 1.62 bits per heavy atom. The largest absolute Gasteiger partial charge is 0.370 e. The summed E-state index contributed by atoms with van der Waals surface area (Å²) in [5.74, 6) is -0.0946. The van der Waals surface area contributed by atoms with Crippen molar-refractivity contribution in [3.63, 3.8) is 0 Å². The molecule has 3 rings (SSSR count). The van der Waals surface area contributed by atoms with Gasteiger partial charge in [0.05, 0.1) is 5.69 Å². The van der Waals surface area contributed by atoms with Crippen LogP contribution >= 0.6 is 23.2 Å². The third-order valence-corrected chi connectivity index (χ3v) is 5.43. The molecule has 3 N–H and O–H groups in total. The van der Waals surface area contributed by atoms with Crippen LogP contribution in [0.4, 0.5) is 0 Å². The van der Waals surface area contributed by atoms with Crippen LogP contribution in [0.5, 0.6) is 0 Å². The van der Waals surface area contributed by atoms with E-state index in [1.165, 1.54) is 0 Å². The SMILES string of the molecule is CCCCCC(=O)N=C(N)NCc1cnc(-c2ccc(Cl)cc2)c(-c2ccc(Cl)cc2)c1. The first kappa shape index (κ1) is 23.8. The number of unbranched alkanes of at least 4 members (excludes halogenated alkanes) is 2. The molecule has 0 bridgehead atoms. The summed E-state index contributed by atoms with van der Waals surface area (Å²) >= 11 is 12.1. The number of pyridine rings is 1. The molecule has 0 aliphatic heterocycles. The number of rotatable bonds is 8. The zero-order chi connectivity index (χ0) is 22.9. The molecule has 0 atom stereocenters. The third-order valence-electron chi connectivity index (χ3n) is 4.93. The van der Waals surface area contributed by atoms with E-state index in [-0.39, 0.29) is 11.9 Å². The lowest BCUT2D eigenvalue weighted by atomic mass is 9.98. The van der Waals surface area contributed by atoms with Crippen molar-refractivity contribution in [3.05, 3.63) is 76.4 Å². The summed E-state index contributed by atoms with van der Waals surface area (Å²) in [7, 11) is 0. The van der Waals surface area contributed by atoms with Crippen LogP contribution in [-0.4, -0.2) is 16.9 Å². The van der Waals surface area contributed by atoms with Gasteiger partial charge in [0.1, 0.15) is 0 Å². The van der Waals surface area contributed by atoms with Gasteiger partial charge < -0.3 is 11.1 Å². The van der Waals surface area contributed by atoms with Crippen LogP contribution in [0.25, 0.3) is 22.4 Å². The lowest BCUT2D eigenvalue weighted by Gasteiger charge is -2.13. The molecule has 0 aliphatic carbocycles. The van der Waals surface area contributed by atoms with E-state index in [1.54, 1.807) is 6.20 Å². The Kier molecular flexibility index (Phi) is 8.65. The molecule has 5 nitrogen and oxygen atoms in total. The molecule has 32 heavy (non-hydrogen) atoms. The monoisotopic (exact) mass is 468 g/mol. The fraction of sp³-hybridized carbons (Fsp3) is 0.240.